The topological polar surface area (TPSA) is 183 Å². The number of rotatable bonds is 11. The molecule has 3 aromatic rings. The van der Waals surface area contributed by atoms with Crippen LogP contribution in [0.2, 0.25) is 5.02 Å². The second-order valence-electron chi connectivity index (χ2n) is 12.1. The van der Waals surface area contributed by atoms with Gasteiger partial charge in [-0.3, -0.25) is 28.3 Å². The Morgan fingerprint density at radius 2 is 1.55 bits per heavy atom. The van der Waals surface area contributed by atoms with Crippen LogP contribution >= 0.6 is 11.6 Å². The van der Waals surface area contributed by atoms with Crippen LogP contribution in [-0.4, -0.2) is 72.9 Å². The molecule has 2 aliphatic rings. The molecular weight excluding hydrogens is 690 g/mol. The lowest BCUT2D eigenvalue weighted by Gasteiger charge is -2.38. The van der Waals surface area contributed by atoms with Crippen molar-refractivity contribution >= 4 is 29.1 Å². The van der Waals surface area contributed by atoms with Crippen LogP contribution < -0.4 is 45.0 Å². The summed E-state index contributed by atoms with van der Waals surface area (Å²) in [7, 11) is 9.71. The van der Waals surface area contributed by atoms with Crippen LogP contribution in [0.4, 0.5) is 0 Å². The Bertz CT molecular complexity index is 2080. The van der Waals surface area contributed by atoms with Crippen molar-refractivity contribution in [3.63, 3.8) is 0 Å². The predicted octanol–water partition coefficient (Wildman–Crippen LogP) is 3.01. The molecule has 272 valence electrons. The number of nitrogens with zero attached hydrogens (tertiary/aromatic N) is 2. The lowest BCUT2D eigenvalue weighted by molar-refractivity contribution is -0.122. The van der Waals surface area contributed by atoms with Gasteiger partial charge >= 0.3 is 5.69 Å². The van der Waals surface area contributed by atoms with Gasteiger partial charge in [-0.2, -0.15) is 0 Å². The van der Waals surface area contributed by atoms with Crippen LogP contribution in [0.25, 0.3) is 0 Å². The molecule has 51 heavy (non-hydrogen) atoms. The molecule has 1 unspecified atom stereocenters. The SMILES string of the molecule is COc1cc(OC)c2c(c1Cl)O[C@]1(C2=O)C(O)=C(C(CC(=O)NCc2cc(=O)n(C)c(=O)n2C)c2cc(OC)c(OC)c(OC)c2)C(=O)C[C@H]1C. The zero-order valence-corrected chi connectivity index (χ0v) is 30.1. The largest absolute Gasteiger partial charge is 0.507 e. The van der Waals surface area contributed by atoms with E-state index in [1.165, 1.54) is 78.5 Å². The Morgan fingerprint density at radius 3 is 2.12 bits per heavy atom. The number of halogens is 1. The first-order valence-electron chi connectivity index (χ1n) is 15.7. The molecule has 1 aliphatic heterocycles. The number of aliphatic hydroxyl groups excluding tert-OH is 1. The average Bonchev–Trinajstić information content (AvgIpc) is 3.44. The number of methoxy groups -OCH3 is 5. The molecule has 2 aromatic carbocycles. The number of allylic oxidation sites excluding steroid dienone is 1. The lowest BCUT2D eigenvalue weighted by atomic mass is 9.69. The van der Waals surface area contributed by atoms with E-state index in [0.29, 0.717) is 5.56 Å². The molecule has 1 spiro atoms. The van der Waals surface area contributed by atoms with Crippen LogP contribution in [0, 0.1) is 5.92 Å². The van der Waals surface area contributed by atoms with Gasteiger partial charge in [0.05, 0.1) is 42.1 Å². The summed E-state index contributed by atoms with van der Waals surface area (Å²) in [6.07, 6.45) is -0.708. The van der Waals surface area contributed by atoms with Gasteiger partial charge in [0.1, 0.15) is 22.1 Å². The van der Waals surface area contributed by atoms with Gasteiger partial charge in [-0.05, 0) is 17.7 Å². The van der Waals surface area contributed by atoms with Crippen LogP contribution in [0.5, 0.6) is 34.5 Å². The van der Waals surface area contributed by atoms with Gasteiger partial charge in [-0.1, -0.05) is 18.5 Å². The van der Waals surface area contributed by atoms with Crippen molar-refractivity contribution in [2.45, 2.75) is 37.8 Å². The standard InChI is InChI=1S/C35H38ClN3O12/c1-16-9-20(40)27(32(43)35(16)33(44)28-21(46-4)14-22(47-5)29(36)31(28)51-35)19(17-10-23(48-6)30(50-8)24(11-17)49-7)13-25(41)37-15-18-12-26(42)39(3)34(45)38(18)2/h10-12,14,16,19,43H,9,13,15H2,1-8H3,(H,37,41)/t16-,19?,35+/m1/s1. The van der Waals surface area contributed by atoms with Gasteiger partial charge < -0.3 is 38.8 Å². The molecule has 1 amide bonds. The van der Waals surface area contributed by atoms with Crippen molar-refractivity contribution in [2.24, 2.45) is 20.0 Å². The fourth-order valence-corrected chi connectivity index (χ4v) is 6.89. The maximum Gasteiger partial charge on any atom is 0.330 e. The third-order valence-corrected chi connectivity index (χ3v) is 9.79. The first kappa shape index (κ1) is 36.8. The summed E-state index contributed by atoms with van der Waals surface area (Å²) in [5.74, 6) is -3.91. The summed E-state index contributed by atoms with van der Waals surface area (Å²) in [6.45, 7) is 1.38. The number of fused-ring (bicyclic) bond motifs is 1. The van der Waals surface area contributed by atoms with E-state index in [1.54, 1.807) is 6.92 Å². The summed E-state index contributed by atoms with van der Waals surface area (Å²) < 4.78 is 35.8. The molecule has 2 N–H and O–H groups in total. The number of carbonyl (C=O) groups excluding carboxylic acids is 3. The van der Waals surface area contributed by atoms with E-state index in [-0.39, 0.29) is 69.3 Å². The van der Waals surface area contributed by atoms with Gasteiger partial charge in [-0.25, -0.2) is 4.79 Å². The monoisotopic (exact) mass is 727 g/mol. The molecule has 16 heteroatoms. The molecule has 0 radical (unpaired) electrons. The van der Waals surface area contributed by atoms with Gasteiger partial charge in [-0.15, -0.1) is 0 Å². The highest BCUT2D eigenvalue weighted by Gasteiger charge is 2.61. The molecule has 1 aliphatic carbocycles. The van der Waals surface area contributed by atoms with E-state index in [0.717, 1.165) is 4.57 Å². The van der Waals surface area contributed by atoms with Crippen molar-refractivity contribution in [3.05, 3.63) is 78.3 Å². The summed E-state index contributed by atoms with van der Waals surface area (Å²) >= 11 is 6.60. The molecular formula is C35H38ClN3O12. The van der Waals surface area contributed by atoms with Crippen molar-refractivity contribution in [2.75, 3.05) is 35.5 Å². The van der Waals surface area contributed by atoms with Crippen molar-refractivity contribution in [1.29, 1.82) is 0 Å². The van der Waals surface area contributed by atoms with Crippen LogP contribution in [0.1, 0.15) is 47.3 Å². The Kier molecular flexibility index (Phi) is 10.2. The van der Waals surface area contributed by atoms with E-state index in [1.807, 2.05) is 0 Å². The van der Waals surface area contributed by atoms with Crippen molar-refractivity contribution < 1.29 is 47.9 Å². The molecule has 2 heterocycles. The minimum absolute atomic E-state index is 0.0392. The number of ether oxygens (including phenoxy) is 6. The summed E-state index contributed by atoms with van der Waals surface area (Å²) in [6, 6.07) is 5.69. The minimum atomic E-state index is -2.12. The van der Waals surface area contributed by atoms with Crippen LogP contribution in [0.15, 0.2) is 45.2 Å². The van der Waals surface area contributed by atoms with E-state index >= 15 is 0 Å². The van der Waals surface area contributed by atoms with Gasteiger partial charge in [0, 0.05) is 62.2 Å². The molecule has 5 rings (SSSR count). The van der Waals surface area contributed by atoms with Gasteiger partial charge in [0.2, 0.25) is 23.0 Å². The van der Waals surface area contributed by atoms with E-state index in [4.69, 9.17) is 40.0 Å². The number of carbonyl (C=O) groups is 3. The number of amides is 1. The minimum Gasteiger partial charge on any atom is -0.507 e. The van der Waals surface area contributed by atoms with E-state index < -0.39 is 58.3 Å². The summed E-state index contributed by atoms with van der Waals surface area (Å²) in [4.78, 5) is 66.9. The first-order valence-corrected chi connectivity index (χ1v) is 16.1. The maximum atomic E-state index is 14.4. The highest BCUT2D eigenvalue weighted by atomic mass is 35.5. The van der Waals surface area contributed by atoms with Crippen molar-refractivity contribution in [3.8, 4) is 34.5 Å². The maximum absolute atomic E-state index is 14.4. The first-order chi connectivity index (χ1) is 24.2. The number of hydrogen-bond acceptors (Lipinski definition) is 12. The van der Waals surface area contributed by atoms with E-state index in [9.17, 15) is 29.1 Å². The predicted molar refractivity (Wildman–Crippen MR) is 183 cm³/mol. The Hall–Kier alpha value is -5.44. The molecule has 0 bridgehead atoms. The summed E-state index contributed by atoms with van der Waals surface area (Å²) in [5, 5.41) is 14.9. The molecule has 0 fully saturated rings. The Labute approximate surface area is 297 Å². The highest BCUT2D eigenvalue weighted by molar-refractivity contribution is 6.35. The summed E-state index contributed by atoms with van der Waals surface area (Å²) in [5.41, 5.74) is -3.04. The number of aromatic nitrogens is 2. The molecule has 1 aromatic heterocycles. The van der Waals surface area contributed by atoms with Crippen molar-refractivity contribution in [1.82, 2.24) is 14.5 Å². The number of hydrogen-bond donors (Lipinski definition) is 2. The normalized spacial score (nSPS) is 18.6. The third kappa shape index (κ3) is 5.94. The number of aliphatic hydroxyl groups is 1. The third-order valence-electron chi connectivity index (χ3n) is 9.43. The quantitative estimate of drug-likeness (QED) is 0.295. The number of Topliss-reactive ketones (excluding diaryl/α,β-unsaturated/α-hetero) is 2. The second-order valence-corrected chi connectivity index (χ2v) is 12.5. The smallest absolute Gasteiger partial charge is 0.330 e. The zero-order valence-electron chi connectivity index (χ0n) is 29.3. The van der Waals surface area contributed by atoms with Crippen LogP contribution in [-0.2, 0) is 30.2 Å². The fourth-order valence-electron chi connectivity index (χ4n) is 6.62. The Balaban J connectivity index is 1.67. The lowest BCUT2D eigenvalue weighted by Crippen LogP contribution is -2.53. The van der Waals surface area contributed by atoms with Gasteiger partial charge in [0.25, 0.3) is 5.56 Å². The molecule has 0 saturated heterocycles. The number of benzene rings is 2. The zero-order chi connectivity index (χ0) is 37.5. The Morgan fingerprint density at radius 1 is 0.941 bits per heavy atom. The van der Waals surface area contributed by atoms with E-state index in [2.05, 4.69) is 5.32 Å². The number of ketones is 2. The van der Waals surface area contributed by atoms with Gasteiger partial charge in [0.15, 0.2) is 28.8 Å². The molecule has 15 nitrogen and oxygen atoms in total. The highest BCUT2D eigenvalue weighted by Crippen LogP contribution is 2.56. The second kappa shape index (κ2) is 14.1. The number of nitrogens with one attached hydrogen (secondary N) is 1. The van der Waals surface area contributed by atoms with Crippen LogP contribution in [0.3, 0.4) is 0 Å². The fraction of sp³-hybridized carbons (Fsp3) is 0.400. The molecule has 3 atom stereocenters. The molecule has 0 saturated carbocycles. The average molecular weight is 728 g/mol.